The fraction of sp³-hybridized carbons (Fsp3) is 0.188. The van der Waals surface area contributed by atoms with Gasteiger partial charge in [-0.1, -0.05) is 13.0 Å². The third kappa shape index (κ3) is 2.80. The Morgan fingerprint density at radius 3 is 2.86 bits per heavy atom. The normalized spacial score (nSPS) is 12.7. The number of nitrogens with zero attached hydrogens (tertiary/aromatic N) is 1. The van der Waals surface area contributed by atoms with Crippen molar-refractivity contribution in [3.8, 4) is 0 Å². The van der Waals surface area contributed by atoms with Crippen molar-refractivity contribution in [2.45, 2.75) is 13.0 Å². The van der Waals surface area contributed by atoms with Gasteiger partial charge in [0.2, 0.25) is 0 Å². The lowest BCUT2D eigenvalue weighted by Crippen LogP contribution is -2.23. The number of rotatable bonds is 4. The maximum absolute atomic E-state index is 14.1. The molecule has 0 aliphatic rings. The Balaban J connectivity index is 2.07. The van der Waals surface area contributed by atoms with Gasteiger partial charge < -0.3 is 5.32 Å². The molecule has 0 amide bonds. The summed E-state index contributed by atoms with van der Waals surface area (Å²) in [6, 6.07) is 7.29. The van der Waals surface area contributed by atoms with Gasteiger partial charge >= 0.3 is 0 Å². The Kier molecular flexibility index (Phi) is 3.94. The van der Waals surface area contributed by atoms with Gasteiger partial charge in [-0.05, 0) is 35.7 Å². The van der Waals surface area contributed by atoms with E-state index in [1.807, 2.05) is 24.4 Å². The first-order chi connectivity index (χ1) is 10.2. The summed E-state index contributed by atoms with van der Waals surface area (Å²) in [4.78, 5) is 4.39. The molecule has 1 unspecified atom stereocenters. The topological polar surface area (TPSA) is 24.9 Å². The summed E-state index contributed by atoms with van der Waals surface area (Å²) in [6.07, 6.45) is 1.74. The molecule has 0 radical (unpaired) electrons. The molecular weight excluding hydrogens is 290 g/mol. The van der Waals surface area contributed by atoms with Crippen molar-refractivity contribution in [3.05, 3.63) is 64.7 Å². The minimum atomic E-state index is -0.571. The molecule has 0 saturated heterocycles. The standard InChI is InChI=1S/C16H14F2N2S/c1-2-19-16(12-4-3-11(17)8-13(12)18)10-7-15-14(20-9-10)5-6-21-15/h3-9,16,19H,2H2,1H3. The zero-order valence-corrected chi connectivity index (χ0v) is 12.3. The second kappa shape index (κ2) is 5.87. The van der Waals surface area contributed by atoms with Crippen LogP contribution in [0.2, 0.25) is 0 Å². The van der Waals surface area contributed by atoms with Crippen molar-refractivity contribution in [3.63, 3.8) is 0 Å². The first kappa shape index (κ1) is 14.1. The van der Waals surface area contributed by atoms with E-state index in [9.17, 15) is 8.78 Å². The van der Waals surface area contributed by atoms with E-state index in [1.54, 1.807) is 17.5 Å². The largest absolute Gasteiger partial charge is 0.306 e. The van der Waals surface area contributed by atoms with Crippen LogP contribution in [-0.2, 0) is 0 Å². The first-order valence-electron chi connectivity index (χ1n) is 6.70. The van der Waals surface area contributed by atoms with Crippen molar-refractivity contribution >= 4 is 21.6 Å². The highest BCUT2D eigenvalue weighted by Crippen LogP contribution is 2.28. The van der Waals surface area contributed by atoms with Gasteiger partial charge in [0, 0.05) is 17.8 Å². The third-order valence-corrected chi connectivity index (χ3v) is 4.19. The Morgan fingerprint density at radius 2 is 2.10 bits per heavy atom. The van der Waals surface area contributed by atoms with E-state index < -0.39 is 11.6 Å². The molecule has 0 bridgehead atoms. The average Bonchev–Trinajstić information content (AvgIpc) is 2.93. The molecule has 1 N–H and O–H groups in total. The highest BCUT2D eigenvalue weighted by atomic mass is 32.1. The molecule has 21 heavy (non-hydrogen) atoms. The predicted octanol–water partition coefficient (Wildman–Crippen LogP) is 4.27. The first-order valence-corrected chi connectivity index (χ1v) is 7.58. The van der Waals surface area contributed by atoms with Crippen LogP contribution < -0.4 is 5.32 Å². The monoisotopic (exact) mass is 304 g/mol. The SMILES string of the molecule is CCNC(c1cnc2ccsc2c1)c1ccc(F)cc1F. The summed E-state index contributed by atoms with van der Waals surface area (Å²) < 4.78 is 28.2. The third-order valence-electron chi connectivity index (χ3n) is 3.34. The van der Waals surface area contributed by atoms with Crippen LogP contribution >= 0.6 is 11.3 Å². The summed E-state index contributed by atoms with van der Waals surface area (Å²) in [5, 5.41) is 5.21. The molecule has 108 valence electrons. The molecule has 3 rings (SSSR count). The molecule has 0 spiro atoms. The molecule has 5 heteroatoms. The number of hydrogen-bond acceptors (Lipinski definition) is 3. The second-order valence-electron chi connectivity index (χ2n) is 4.73. The molecule has 0 aliphatic carbocycles. The highest BCUT2D eigenvalue weighted by molar-refractivity contribution is 7.17. The van der Waals surface area contributed by atoms with E-state index in [4.69, 9.17) is 0 Å². The number of hydrogen-bond donors (Lipinski definition) is 1. The molecule has 2 heterocycles. The Labute approximate surface area is 125 Å². The van der Waals surface area contributed by atoms with Crippen LogP contribution in [0.4, 0.5) is 8.78 Å². The minimum absolute atomic E-state index is 0.338. The number of nitrogens with one attached hydrogen (secondary N) is 1. The van der Waals surface area contributed by atoms with Crippen molar-refractivity contribution in [2.75, 3.05) is 6.54 Å². The van der Waals surface area contributed by atoms with Crippen molar-refractivity contribution < 1.29 is 8.78 Å². The van der Waals surface area contributed by atoms with Gasteiger partial charge in [0.05, 0.1) is 16.3 Å². The molecule has 1 atom stereocenters. The molecule has 0 aliphatic heterocycles. The number of halogens is 2. The molecule has 0 fully saturated rings. The number of thiophene rings is 1. The van der Waals surface area contributed by atoms with E-state index in [-0.39, 0.29) is 6.04 Å². The fourth-order valence-corrected chi connectivity index (χ4v) is 3.16. The molecule has 1 aromatic carbocycles. The summed E-state index contributed by atoms with van der Waals surface area (Å²) in [7, 11) is 0. The molecule has 0 saturated carbocycles. The van der Waals surface area contributed by atoms with Crippen LogP contribution in [0.1, 0.15) is 24.1 Å². The van der Waals surface area contributed by atoms with Gasteiger partial charge in [0.25, 0.3) is 0 Å². The van der Waals surface area contributed by atoms with Gasteiger partial charge in [-0.15, -0.1) is 11.3 Å². The molecule has 3 aromatic rings. The maximum atomic E-state index is 14.1. The van der Waals surface area contributed by atoms with Crippen molar-refractivity contribution in [1.29, 1.82) is 0 Å². The average molecular weight is 304 g/mol. The van der Waals surface area contributed by atoms with Crippen LogP contribution in [0.5, 0.6) is 0 Å². The van der Waals surface area contributed by atoms with Crippen LogP contribution in [0.15, 0.2) is 41.9 Å². The van der Waals surface area contributed by atoms with Crippen LogP contribution in [0.3, 0.4) is 0 Å². The Hall–Kier alpha value is -1.85. The smallest absolute Gasteiger partial charge is 0.131 e. The van der Waals surface area contributed by atoms with Crippen molar-refractivity contribution in [2.24, 2.45) is 0 Å². The summed E-state index contributed by atoms with van der Waals surface area (Å²) in [5.74, 6) is -1.12. The lowest BCUT2D eigenvalue weighted by molar-refractivity contribution is 0.541. The van der Waals surface area contributed by atoms with Gasteiger partial charge in [0.15, 0.2) is 0 Å². The molecule has 2 nitrogen and oxygen atoms in total. The Morgan fingerprint density at radius 1 is 1.24 bits per heavy atom. The van der Waals surface area contributed by atoms with E-state index in [2.05, 4.69) is 10.3 Å². The molecule has 2 aromatic heterocycles. The Bertz CT molecular complexity index is 770. The number of fused-ring (bicyclic) bond motifs is 1. The van der Waals surface area contributed by atoms with E-state index in [0.717, 1.165) is 21.8 Å². The van der Waals surface area contributed by atoms with Gasteiger partial charge in [-0.3, -0.25) is 4.98 Å². The van der Waals surface area contributed by atoms with Crippen LogP contribution in [0.25, 0.3) is 10.2 Å². The number of benzene rings is 1. The second-order valence-corrected chi connectivity index (χ2v) is 5.68. The van der Waals surface area contributed by atoms with E-state index in [1.165, 1.54) is 12.1 Å². The lowest BCUT2D eigenvalue weighted by Gasteiger charge is -2.19. The highest BCUT2D eigenvalue weighted by Gasteiger charge is 2.18. The summed E-state index contributed by atoms with van der Waals surface area (Å²) in [5.41, 5.74) is 2.23. The lowest BCUT2D eigenvalue weighted by atomic mass is 9.99. The minimum Gasteiger partial charge on any atom is -0.306 e. The van der Waals surface area contributed by atoms with Gasteiger partial charge in [-0.2, -0.15) is 0 Å². The van der Waals surface area contributed by atoms with Gasteiger partial charge in [0.1, 0.15) is 11.6 Å². The molecular formula is C16H14F2N2S. The number of pyridine rings is 1. The predicted molar refractivity (Wildman–Crippen MR) is 81.5 cm³/mol. The van der Waals surface area contributed by atoms with Crippen molar-refractivity contribution in [1.82, 2.24) is 10.3 Å². The summed E-state index contributed by atoms with van der Waals surface area (Å²) in [6.45, 7) is 2.62. The van der Waals surface area contributed by atoms with Gasteiger partial charge in [-0.25, -0.2) is 8.78 Å². The van der Waals surface area contributed by atoms with Crippen LogP contribution in [0, 0.1) is 11.6 Å². The maximum Gasteiger partial charge on any atom is 0.131 e. The fourth-order valence-electron chi connectivity index (χ4n) is 2.37. The zero-order chi connectivity index (χ0) is 14.8. The zero-order valence-electron chi connectivity index (χ0n) is 11.4. The van der Waals surface area contributed by atoms with E-state index in [0.29, 0.717) is 12.1 Å². The summed E-state index contributed by atoms with van der Waals surface area (Å²) >= 11 is 1.59. The number of aromatic nitrogens is 1. The quantitative estimate of drug-likeness (QED) is 0.778. The van der Waals surface area contributed by atoms with Crippen LogP contribution in [-0.4, -0.2) is 11.5 Å². The van der Waals surface area contributed by atoms with E-state index >= 15 is 0 Å².